The van der Waals surface area contributed by atoms with Gasteiger partial charge in [0, 0.05) is 25.0 Å². The zero-order valence-corrected chi connectivity index (χ0v) is 16.0. The first-order valence-electron chi connectivity index (χ1n) is 9.08. The molecule has 7 nitrogen and oxygen atoms in total. The number of ether oxygens (including phenoxy) is 1. The average Bonchev–Trinajstić information content (AvgIpc) is 3.15. The number of nitrogens with one attached hydrogen (secondary N) is 2. The molecule has 0 bridgehead atoms. The minimum Gasteiger partial charge on any atom is -0.379 e. The monoisotopic (exact) mass is 388 g/mol. The third kappa shape index (κ3) is 6.42. The van der Waals surface area contributed by atoms with E-state index in [2.05, 4.69) is 20.5 Å². The molecule has 8 heteroatoms. The second-order valence-electron chi connectivity index (χ2n) is 6.31. The van der Waals surface area contributed by atoms with Crippen molar-refractivity contribution in [3.63, 3.8) is 0 Å². The summed E-state index contributed by atoms with van der Waals surface area (Å²) in [6.07, 6.45) is 1.17. The van der Waals surface area contributed by atoms with Gasteiger partial charge in [0.25, 0.3) is 5.91 Å². The molecular weight excluding hydrogens is 364 g/mol. The summed E-state index contributed by atoms with van der Waals surface area (Å²) < 4.78 is 5.32. The van der Waals surface area contributed by atoms with Gasteiger partial charge in [-0.2, -0.15) is 0 Å². The first-order chi connectivity index (χ1) is 13.2. The van der Waals surface area contributed by atoms with E-state index in [1.807, 2.05) is 30.3 Å². The van der Waals surface area contributed by atoms with Gasteiger partial charge in [0.1, 0.15) is 5.69 Å². The van der Waals surface area contributed by atoms with Gasteiger partial charge in [-0.25, -0.2) is 4.98 Å². The van der Waals surface area contributed by atoms with Crippen LogP contribution in [0.1, 0.15) is 22.5 Å². The average molecular weight is 388 g/mol. The maximum atomic E-state index is 12.2. The Morgan fingerprint density at radius 2 is 1.96 bits per heavy atom. The summed E-state index contributed by atoms with van der Waals surface area (Å²) in [6.45, 7) is 5.01. The van der Waals surface area contributed by atoms with Crippen LogP contribution >= 0.6 is 11.3 Å². The summed E-state index contributed by atoms with van der Waals surface area (Å²) in [5.74, 6) is -0.357. The van der Waals surface area contributed by atoms with E-state index in [1.165, 1.54) is 11.3 Å². The molecule has 0 unspecified atom stereocenters. The lowest BCUT2D eigenvalue weighted by atomic mass is 10.1. The van der Waals surface area contributed by atoms with Crippen molar-refractivity contribution >= 4 is 28.3 Å². The highest BCUT2D eigenvalue weighted by Crippen LogP contribution is 2.16. The van der Waals surface area contributed by atoms with E-state index in [0.29, 0.717) is 17.4 Å². The Labute approximate surface area is 162 Å². The molecule has 1 aliphatic heterocycles. The van der Waals surface area contributed by atoms with Crippen molar-refractivity contribution < 1.29 is 14.3 Å². The Bertz CT molecular complexity index is 744. The fourth-order valence-corrected chi connectivity index (χ4v) is 3.51. The summed E-state index contributed by atoms with van der Waals surface area (Å²) >= 11 is 1.25. The zero-order chi connectivity index (χ0) is 18.9. The van der Waals surface area contributed by atoms with E-state index in [-0.39, 0.29) is 18.2 Å². The molecule has 3 rings (SSSR count). The van der Waals surface area contributed by atoms with Crippen LogP contribution < -0.4 is 10.6 Å². The van der Waals surface area contributed by atoms with E-state index in [9.17, 15) is 9.59 Å². The molecule has 1 saturated heterocycles. The Balaban J connectivity index is 1.38. The van der Waals surface area contributed by atoms with Gasteiger partial charge in [-0.3, -0.25) is 14.5 Å². The van der Waals surface area contributed by atoms with E-state index in [4.69, 9.17) is 4.74 Å². The van der Waals surface area contributed by atoms with Crippen molar-refractivity contribution in [2.45, 2.75) is 12.8 Å². The molecule has 144 valence electrons. The van der Waals surface area contributed by atoms with Crippen molar-refractivity contribution in [1.82, 2.24) is 15.2 Å². The number of hydrogen-bond donors (Lipinski definition) is 2. The number of rotatable bonds is 8. The molecule has 2 amide bonds. The van der Waals surface area contributed by atoms with Gasteiger partial charge in [0.2, 0.25) is 5.91 Å². The van der Waals surface area contributed by atoms with Gasteiger partial charge < -0.3 is 15.4 Å². The number of aromatic nitrogens is 1. The number of carbonyl (C=O) groups excluding carboxylic acids is 2. The lowest BCUT2D eigenvalue weighted by molar-refractivity contribution is -0.115. The smallest absolute Gasteiger partial charge is 0.270 e. The van der Waals surface area contributed by atoms with Crippen LogP contribution in [0, 0.1) is 0 Å². The standard InChI is InChI=1S/C19H24N4O3S/c24-17(13-15-5-2-1-3-6-15)22-19-21-16(14-27-19)18(25)20-7-4-8-23-9-11-26-12-10-23/h1-3,5-6,14H,4,7-13H2,(H,20,25)(H,21,22,24). The number of benzene rings is 1. The quantitative estimate of drug-likeness (QED) is 0.674. The van der Waals surface area contributed by atoms with E-state index in [1.54, 1.807) is 5.38 Å². The highest BCUT2D eigenvalue weighted by atomic mass is 32.1. The summed E-state index contributed by atoms with van der Waals surface area (Å²) in [7, 11) is 0. The van der Waals surface area contributed by atoms with Crippen LogP contribution in [0.15, 0.2) is 35.7 Å². The molecule has 1 fully saturated rings. The van der Waals surface area contributed by atoms with Gasteiger partial charge in [0.15, 0.2) is 5.13 Å². The normalized spacial score (nSPS) is 14.7. The first-order valence-corrected chi connectivity index (χ1v) is 9.96. The van der Waals surface area contributed by atoms with Crippen molar-refractivity contribution in [3.05, 3.63) is 47.0 Å². The topological polar surface area (TPSA) is 83.6 Å². The van der Waals surface area contributed by atoms with Crippen LogP contribution in [0.5, 0.6) is 0 Å². The van der Waals surface area contributed by atoms with Crippen molar-refractivity contribution in [3.8, 4) is 0 Å². The molecule has 1 aromatic carbocycles. The highest BCUT2D eigenvalue weighted by molar-refractivity contribution is 7.14. The minimum atomic E-state index is -0.211. The molecule has 0 atom stereocenters. The van der Waals surface area contributed by atoms with Crippen molar-refractivity contribution in [2.75, 3.05) is 44.7 Å². The number of thiazole rings is 1. The number of morpholine rings is 1. The van der Waals surface area contributed by atoms with Crippen molar-refractivity contribution in [2.24, 2.45) is 0 Å². The van der Waals surface area contributed by atoms with E-state index < -0.39 is 0 Å². The molecule has 0 spiro atoms. The van der Waals surface area contributed by atoms with Crippen LogP contribution in [0.2, 0.25) is 0 Å². The second kappa shape index (κ2) is 10.1. The molecular formula is C19H24N4O3S. The highest BCUT2D eigenvalue weighted by Gasteiger charge is 2.13. The molecule has 2 heterocycles. The predicted octanol–water partition coefficient (Wildman–Crippen LogP) is 1.78. The maximum Gasteiger partial charge on any atom is 0.270 e. The maximum absolute atomic E-state index is 12.2. The lowest BCUT2D eigenvalue weighted by Crippen LogP contribution is -2.38. The molecule has 0 saturated carbocycles. The van der Waals surface area contributed by atoms with Crippen LogP contribution in [0.4, 0.5) is 5.13 Å². The minimum absolute atomic E-state index is 0.145. The summed E-state index contributed by atoms with van der Waals surface area (Å²) in [4.78, 5) is 30.8. The van der Waals surface area contributed by atoms with Crippen LogP contribution in [0.25, 0.3) is 0 Å². The Morgan fingerprint density at radius 3 is 2.74 bits per heavy atom. The fourth-order valence-electron chi connectivity index (χ4n) is 2.80. The molecule has 1 aliphatic rings. The second-order valence-corrected chi connectivity index (χ2v) is 7.17. The predicted molar refractivity (Wildman–Crippen MR) is 105 cm³/mol. The number of anilines is 1. The van der Waals surface area contributed by atoms with Crippen LogP contribution in [-0.2, 0) is 16.0 Å². The van der Waals surface area contributed by atoms with Gasteiger partial charge in [-0.05, 0) is 18.5 Å². The van der Waals surface area contributed by atoms with Gasteiger partial charge in [-0.15, -0.1) is 11.3 Å². The lowest BCUT2D eigenvalue weighted by Gasteiger charge is -2.26. The van der Waals surface area contributed by atoms with Gasteiger partial charge >= 0.3 is 0 Å². The fraction of sp³-hybridized carbons (Fsp3) is 0.421. The van der Waals surface area contributed by atoms with Crippen LogP contribution in [0.3, 0.4) is 0 Å². The third-order valence-corrected chi connectivity index (χ3v) is 4.99. The molecule has 2 aromatic rings. The molecule has 27 heavy (non-hydrogen) atoms. The number of nitrogens with zero attached hydrogens (tertiary/aromatic N) is 2. The molecule has 0 radical (unpaired) electrons. The number of carbonyl (C=O) groups is 2. The zero-order valence-electron chi connectivity index (χ0n) is 15.1. The Morgan fingerprint density at radius 1 is 1.19 bits per heavy atom. The van der Waals surface area contributed by atoms with Gasteiger partial charge in [0.05, 0.1) is 19.6 Å². The molecule has 2 N–H and O–H groups in total. The third-order valence-electron chi connectivity index (χ3n) is 4.23. The molecule has 1 aromatic heterocycles. The van der Waals surface area contributed by atoms with E-state index in [0.717, 1.165) is 44.8 Å². The van der Waals surface area contributed by atoms with E-state index >= 15 is 0 Å². The SMILES string of the molecule is O=C(Cc1ccccc1)Nc1nc(C(=O)NCCCN2CCOCC2)cs1. The van der Waals surface area contributed by atoms with Crippen molar-refractivity contribution in [1.29, 1.82) is 0 Å². The number of hydrogen-bond acceptors (Lipinski definition) is 6. The van der Waals surface area contributed by atoms with Crippen LogP contribution in [-0.4, -0.2) is 61.1 Å². The largest absolute Gasteiger partial charge is 0.379 e. The first kappa shape index (κ1) is 19.5. The van der Waals surface area contributed by atoms with Gasteiger partial charge in [-0.1, -0.05) is 30.3 Å². The molecule has 0 aliphatic carbocycles. The summed E-state index contributed by atoms with van der Waals surface area (Å²) in [6, 6.07) is 9.50. The summed E-state index contributed by atoms with van der Waals surface area (Å²) in [5, 5.41) is 7.73. The number of amides is 2. The Hall–Kier alpha value is -2.29. The summed E-state index contributed by atoms with van der Waals surface area (Å²) in [5.41, 5.74) is 1.27. The Kier molecular flexibility index (Phi) is 7.32.